The molecule has 0 aliphatic carbocycles. The summed E-state index contributed by atoms with van der Waals surface area (Å²) < 4.78 is 7.48. The fourth-order valence-corrected chi connectivity index (χ4v) is 2.81. The lowest BCUT2D eigenvalue weighted by Gasteiger charge is -2.11. The van der Waals surface area contributed by atoms with Gasteiger partial charge in [-0.3, -0.25) is 14.2 Å². The Hall–Kier alpha value is -2.88. The largest absolute Gasteiger partial charge is 0.488 e. The molecule has 0 fully saturated rings. The molecule has 3 aromatic rings. The Bertz CT molecular complexity index is 923. The van der Waals surface area contributed by atoms with Crippen molar-refractivity contribution in [3.8, 4) is 5.75 Å². The van der Waals surface area contributed by atoms with E-state index in [4.69, 9.17) is 4.74 Å². The molecule has 4 heteroatoms. The molecule has 0 radical (unpaired) electrons. The van der Waals surface area contributed by atoms with E-state index in [0.29, 0.717) is 17.9 Å². The highest BCUT2D eigenvalue weighted by atomic mass is 16.5. The minimum absolute atomic E-state index is 0.0602. The van der Waals surface area contributed by atoms with Gasteiger partial charge in [0.15, 0.2) is 5.78 Å². The Morgan fingerprint density at radius 1 is 1.08 bits per heavy atom. The molecule has 24 heavy (non-hydrogen) atoms. The normalized spacial score (nSPS) is 10.8. The first-order valence-electron chi connectivity index (χ1n) is 7.81. The third-order valence-electron chi connectivity index (χ3n) is 4.06. The average Bonchev–Trinajstić information content (AvgIpc) is 2.89. The van der Waals surface area contributed by atoms with Gasteiger partial charge < -0.3 is 4.74 Å². The smallest absolute Gasteiger partial charge is 0.227 e. The van der Waals surface area contributed by atoms with E-state index in [2.05, 4.69) is 0 Å². The number of aromatic nitrogens is 1. The Morgan fingerprint density at radius 2 is 1.79 bits per heavy atom. The second kappa shape index (κ2) is 6.32. The summed E-state index contributed by atoms with van der Waals surface area (Å²) >= 11 is 0. The van der Waals surface area contributed by atoms with E-state index in [1.54, 1.807) is 16.8 Å². The monoisotopic (exact) mass is 321 g/mol. The van der Waals surface area contributed by atoms with Crippen molar-refractivity contribution in [3.63, 3.8) is 0 Å². The Kier molecular flexibility index (Phi) is 4.21. The second-order valence-corrected chi connectivity index (χ2v) is 5.90. The van der Waals surface area contributed by atoms with E-state index >= 15 is 0 Å². The van der Waals surface area contributed by atoms with Gasteiger partial charge in [-0.1, -0.05) is 30.3 Å². The molecule has 0 unspecified atom stereocenters. The molecule has 1 aromatic heterocycles. The van der Waals surface area contributed by atoms with E-state index in [0.717, 1.165) is 22.0 Å². The van der Waals surface area contributed by atoms with Gasteiger partial charge in [-0.25, -0.2) is 0 Å². The molecule has 122 valence electrons. The first kappa shape index (κ1) is 16.0. The molecule has 0 atom stereocenters. The van der Waals surface area contributed by atoms with E-state index in [9.17, 15) is 9.59 Å². The molecule has 0 N–H and O–H groups in total. The lowest BCUT2D eigenvalue weighted by Crippen LogP contribution is -2.05. The Labute approximate surface area is 140 Å². The van der Waals surface area contributed by atoms with Gasteiger partial charge in [0.25, 0.3) is 0 Å². The maximum absolute atomic E-state index is 12.0. The summed E-state index contributed by atoms with van der Waals surface area (Å²) in [6.45, 7) is 5.33. The van der Waals surface area contributed by atoms with Gasteiger partial charge in [0, 0.05) is 24.6 Å². The molecule has 3 rings (SSSR count). The first-order chi connectivity index (χ1) is 11.5. The van der Waals surface area contributed by atoms with E-state index < -0.39 is 0 Å². The highest BCUT2D eigenvalue weighted by molar-refractivity contribution is 6.03. The zero-order valence-electron chi connectivity index (χ0n) is 14.0. The van der Waals surface area contributed by atoms with Gasteiger partial charge in [0.1, 0.15) is 12.4 Å². The highest BCUT2D eigenvalue weighted by Gasteiger charge is 2.16. The maximum atomic E-state index is 12.0. The summed E-state index contributed by atoms with van der Waals surface area (Å²) in [5.41, 5.74) is 3.26. The van der Waals surface area contributed by atoms with Crippen LogP contribution in [0.25, 0.3) is 10.9 Å². The van der Waals surface area contributed by atoms with E-state index in [1.165, 1.54) is 13.8 Å². The predicted molar refractivity (Wildman–Crippen MR) is 93.8 cm³/mol. The van der Waals surface area contributed by atoms with Crippen molar-refractivity contribution in [2.45, 2.75) is 27.4 Å². The molecular weight excluding hydrogens is 302 g/mol. The van der Waals surface area contributed by atoms with Gasteiger partial charge in [0.05, 0.1) is 11.1 Å². The van der Waals surface area contributed by atoms with Crippen molar-refractivity contribution in [1.29, 1.82) is 0 Å². The molecular formula is C20H19NO3. The van der Waals surface area contributed by atoms with Crippen molar-refractivity contribution in [2.75, 3.05) is 0 Å². The fraction of sp³-hybridized carbons (Fsp3) is 0.200. The van der Waals surface area contributed by atoms with Crippen molar-refractivity contribution >= 4 is 22.6 Å². The fourth-order valence-electron chi connectivity index (χ4n) is 2.81. The van der Waals surface area contributed by atoms with Crippen molar-refractivity contribution < 1.29 is 14.3 Å². The van der Waals surface area contributed by atoms with Crippen LogP contribution in [-0.2, 0) is 6.61 Å². The maximum Gasteiger partial charge on any atom is 0.227 e. The average molecular weight is 321 g/mol. The van der Waals surface area contributed by atoms with Crippen LogP contribution < -0.4 is 4.74 Å². The van der Waals surface area contributed by atoms with Crippen molar-refractivity contribution in [3.05, 3.63) is 65.4 Å². The summed E-state index contributed by atoms with van der Waals surface area (Å²) in [5, 5.41) is 0.891. The van der Waals surface area contributed by atoms with Crippen LogP contribution in [-0.4, -0.2) is 16.3 Å². The van der Waals surface area contributed by atoms with Crippen molar-refractivity contribution in [2.24, 2.45) is 0 Å². The summed E-state index contributed by atoms with van der Waals surface area (Å²) in [6.07, 6.45) is 1.79. The minimum Gasteiger partial charge on any atom is -0.488 e. The number of carbonyl (C=O) groups is 2. The Balaban J connectivity index is 2.07. The zero-order valence-corrected chi connectivity index (χ0v) is 14.0. The summed E-state index contributed by atoms with van der Waals surface area (Å²) in [5.74, 6) is 0.368. The lowest BCUT2D eigenvalue weighted by atomic mass is 10.1. The van der Waals surface area contributed by atoms with Crippen LogP contribution in [0, 0.1) is 6.92 Å². The Morgan fingerprint density at radius 3 is 2.42 bits per heavy atom. The molecule has 0 amide bonds. The lowest BCUT2D eigenvalue weighted by molar-refractivity contribution is 0.0941. The van der Waals surface area contributed by atoms with Gasteiger partial charge in [-0.05, 0) is 31.0 Å². The summed E-state index contributed by atoms with van der Waals surface area (Å²) in [6, 6.07) is 13.4. The van der Waals surface area contributed by atoms with Crippen LogP contribution in [0.1, 0.15) is 40.1 Å². The molecule has 0 spiro atoms. The number of rotatable bonds is 4. The number of ether oxygens (including phenoxy) is 1. The van der Waals surface area contributed by atoms with Crippen LogP contribution in [0.15, 0.2) is 48.7 Å². The number of benzene rings is 2. The first-order valence-corrected chi connectivity index (χ1v) is 7.81. The number of fused-ring (bicyclic) bond motifs is 1. The van der Waals surface area contributed by atoms with Crippen LogP contribution in [0.3, 0.4) is 0 Å². The highest BCUT2D eigenvalue weighted by Crippen LogP contribution is 2.30. The molecule has 0 aliphatic rings. The third-order valence-corrected chi connectivity index (χ3v) is 4.06. The topological polar surface area (TPSA) is 48.3 Å². The molecule has 1 heterocycles. The van der Waals surface area contributed by atoms with Gasteiger partial charge in [-0.2, -0.15) is 0 Å². The van der Waals surface area contributed by atoms with Gasteiger partial charge >= 0.3 is 0 Å². The van der Waals surface area contributed by atoms with Crippen LogP contribution in [0.4, 0.5) is 0 Å². The molecule has 0 saturated carbocycles. The zero-order chi connectivity index (χ0) is 17.3. The number of hydrogen-bond donors (Lipinski definition) is 0. The number of nitrogens with zero attached hydrogens (tertiary/aromatic N) is 1. The predicted octanol–water partition coefficient (Wildman–Crippen LogP) is 4.39. The number of aryl methyl sites for hydroxylation is 1. The number of hydrogen-bond acceptors (Lipinski definition) is 3. The van der Waals surface area contributed by atoms with Crippen molar-refractivity contribution in [1.82, 2.24) is 4.57 Å². The molecule has 0 saturated heterocycles. The van der Waals surface area contributed by atoms with Gasteiger partial charge in [-0.15, -0.1) is 0 Å². The molecule has 4 nitrogen and oxygen atoms in total. The molecule has 0 bridgehead atoms. The van der Waals surface area contributed by atoms with Crippen LogP contribution in [0.2, 0.25) is 0 Å². The summed E-state index contributed by atoms with van der Waals surface area (Å²) in [7, 11) is 0. The van der Waals surface area contributed by atoms with E-state index in [1.807, 2.05) is 43.3 Å². The molecule has 2 aromatic carbocycles. The summed E-state index contributed by atoms with van der Waals surface area (Å²) in [4.78, 5) is 23.9. The number of carbonyl (C=O) groups excluding carboxylic acids is 2. The van der Waals surface area contributed by atoms with E-state index in [-0.39, 0.29) is 11.7 Å². The van der Waals surface area contributed by atoms with Crippen LogP contribution >= 0.6 is 0 Å². The second-order valence-electron chi connectivity index (χ2n) is 5.90. The quantitative estimate of drug-likeness (QED) is 0.670. The number of Topliss-reactive ketones (excluding diaryl/α,β-unsaturated/α-hetero) is 1. The van der Waals surface area contributed by atoms with Gasteiger partial charge in [0.2, 0.25) is 5.91 Å². The van der Waals surface area contributed by atoms with Crippen LogP contribution in [0.5, 0.6) is 5.75 Å². The standard InChI is InChI=1S/C20H19NO3/c1-13-11-21(15(3)23)19-10-20(18(14(2)22)9-17(13)19)24-12-16-7-5-4-6-8-16/h4-11H,12H2,1-3H3. The number of ketones is 1. The third kappa shape index (κ3) is 2.95. The minimum atomic E-state index is -0.0716. The molecule has 0 aliphatic heterocycles. The SMILES string of the molecule is CC(=O)c1cc2c(C)cn(C(C)=O)c2cc1OCc1ccccc1.